The maximum Gasteiger partial charge on any atom is 0.105 e. The summed E-state index contributed by atoms with van der Waals surface area (Å²) < 4.78 is 0. The zero-order valence-corrected chi connectivity index (χ0v) is 15.7. The largest absolute Gasteiger partial charge is 0.277 e. The number of hydrogen-bond donors (Lipinski definition) is 0. The minimum Gasteiger partial charge on any atom is -0.277 e. The van der Waals surface area contributed by atoms with Gasteiger partial charge in [0, 0.05) is 32.6 Å². The highest BCUT2D eigenvalue weighted by Crippen LogP contribution is 2.49. The molecule has 0 N–H and O–H groups in total. The molecule has 1 aliphatic heterocycles. The maximum atomic E-state index is 2.72. The fourth-order valence-electron chi connectivity index (χ4n) is 4.93. The summed E-state index contributed by atoms with van der Waals surface area (Å²) in [4.78, 5) is 5.44. The lowest BCUT2D eigenvalue weighted by Crippen LogP contribution is -2.66. The van der Waals surface area contributed by atoms with E-state index in [0.717, 1.165) is 32.6 Å². The number of hydrogen-bond acceptors (Lipinski definition) is 2. The number of fused-ring (bicyclic) bond motifs is 2. The van der Waals surface area contributed by atoms with Crippen LogP contribution in [0.5, 0.6) is 0 Å². The molecule has 2 nitrogen and oxygen atoms in total. The van der Waals surface area contributed by atoms with Crippen molar-refractivity contribution >= 4 is 0 Å². The van der Waals surface area contributed by atoms with Gasteiger partial charge in [0.05, 0.1) is 0 Å². The van der Waals surface area contributed by atoms with Gasteiger partial charge < -0.3 is 0 Å². The Morgan fingerprint density at radius 2 is 1.15 bits per heavy atom. The molecule has 0 amide bonds. The van der Waals surface area contributed by atoms with Crippen molar-refractivity contribution in [3.8, 4) is 0 Å². The molecule has 0 bridgehead atoms. The van der Waals surface area contributed by atoms with Gasteiger partial charge in [0.1, 0.15) is 5.66 Å². The minimum absolute atomic E-state index is 0.0422. The quantitative estimate of drug-likeness (QED) is 0.664. The molecule has 1 spiro atoms. The van der Waals surface area contributed by atoms with Crippen LogP contribution in [-0.2, 0) is 25.2 Å². The summed E-state index contributed by atoms with van der Waals surface area (Å²) in [7, 11) is 0. The van der Waals surface area contributed by atoms with Gasteiger partial charge in [0.15, 0.2) is 0 Å². The summed E-state index contributed by atoms with van der Waals surface area (Å²) >= 11 is 0. The van der Waals surface area contributed by atoms with E-state index in [0.29, 0.717) is 0 Å². The van der Waals surface area contributed by atoms with Crippen LogP contribution in [-0.4, -0.2) is 22.9 Å². The van der Waals surface area contributed by atoms with Crippen molar-refractivity contribution in [1.29, 1.82) is 0 Å². The molecule has 1 fully saturated rings. The molecular formula is C25H26N2. The molecule has 3 aromatic carbocycles. The van der Waals surface area contributed by atoms with Crippen LogP contribution in [0.1, 0.15) is 28.7 Å². The predicted octanol–water partition coefficient (Wildman–Crippen LogP) is 4.80. The van der Waals surface area contributed by atoms with Crippen LogP contribution in [0, 0.1) is 0 Å². The highest BCUT2D eigenvalue weighted by Gasteiger charge is 2.52. The second-order valence-corrected chi connectivity index (χ2v) is 7.82. The van der Waals surface area contributed by atoms with E-state index in [2.05, 4.69) is 94.7 Å². The Hall–Kier alpha value is -2.42. The van der Waals surface area contributed by atoms with Crippen LogP contribution < -0.4 is 0 Å². The summed E-state index contributed by atoms with van der Waals surface area (Å²) in [6.45, 7) is 4.35. The summed E-state index contributed by atoms with van der Waals surface area (Å²) in [5.41, 5.74) is 5.87. The van der Waals surface area contributed by atoms with Crippen molar-refractivity contribution in [1.82, 2.24) is 9.80 Å². The van der Waals surface area contributed by atoms with Gasteiger partial charge in [-0.3, -0.25) is 9.80 Å². The van der Waals surface area contributed by atoms with Gasteiger partial charge in [-0.2, -0.15) is 0 Å². The Morgan fingerprint density at radius 3 is 1.70 bits per heavy atom. The average molecular weight is 354 g/mol. The molecule has 3 aromatic rings. The molecule has 27 heavy (non-hydrogen) atoms. The summed E-state index contributed by atoms with van der Waals surface area (Å²) in [6, 6.07) is 30.9. The molecule has 0 saturated carbocycles. The summed E-state index contributed by atoms with van der Waals surface area (Å²) in [5, 5.41) is 0. The maximum absolute atomic E-state index is 2.72. The van der Waals surface area contributed by atoms with Crippen molar-refractivity contribution in [2.45, 2.75) is 31.6 Å². The lowest BCUT2D eigenvalue weighted by molar-refractivity contribution is -0.124. The fraction of sp³-hybridized carbons (Fsp3) is 0.280. The summed E-state index contributed by atoms with van der Waals surface area (Å²) in [6.07, 6.45) is 2.35. The fourth-order valence-corrected chi connectivity index (χ4v) is 4.93. The average Bonchev–Trinajstić information content (AvgIpc) is 2.70. The second-order valence-electron chi connectivity index (χ2n) is 7.82. The van der Waals surface area contributed by atoms with E-state index in [-0.39, 0.29) is 5.66 Å². The molecule has 0 radical (unpaired) electrons. The normalized spacial score (nSPS) is 18.8. The predicted molar refractivity (Wildman–Crippen MR) is 110 cm³/mol. The first-order chi connectivity index (χ1) is 13.4. The second kappa shape index (κ2) is 6.95. The Balaban J connectivity index is 1.51. The van der Waals surface area contributed by atoms with E-state index in [1.165, 1.54) is 28.7 Å². The first kappa shape index (κ1) is 16.7. The number of nitrogens with zero attached hydrogens (tertiary/aromatic N) is 2. The van der Waals surface area contributed by atoms with Crippen molar-refractivity contribution in [2.24, 2.45) is 0 Å². The van der Waals surface area contributed by atoms with E-state index < -0.39 is 0 Å². The molecule has 0 unspecified atom stereocenters. The molecule has 136 valence electrons. The lowest BCUT2D eigenvalue weighted by atomic mass is 9.73. The van der Waals surface area contributed by atoms with Crippen molar-refractivity contribution in [3.05, 3.63) is 107 Å². The molecule has 0 aromatic heterocycles. The van der Waals surface area contributed by atoms with Gasteiger partial charge in [0.2, 0.25) is 0 Å². The number of rotatable bonds is 4. The molecular weight excluding hydrogens is 328 g/mol. The van der Waals surface area contributed by atoms with Crippen LogP contribution >= 0.6 is 0 Å². The SMILES string of the molecule is c1ccc(CN2CCCN(Cc3ccccc3)C23Cc2ccccc23)cc1. The van der Waals surface area contributed by atoms with Crippen LogP contribution in [0.15, 0.2) is 84.9 Å². The smallest absolute Gasteiger partial charge is 0.105 e. The summed E-state index contributed by atoms with van der Waals surface area (Å²) in [5.74, 6) is 0. The van der Waals surface area contributed by atoms with E-state index in [1.807, 2.05) is 0 Å². The van der Waals surface area contributed by atoms with E-state index in [4.69, 9.17) is 0 Å². The zero-order chi connectivity index (χ0) is 18.1. The molecule has 1 aliphatic carbocycles. The van der Waals surface area contributed by atoms with Gasteiger partial charge in [-0.15, -0.1) is 0 Å². The lowest BCUT2D eigenvalue weighted by Gasteiger charge is -2.60. The van der Waals surface area contributed by atoms with Gasteiger partial charge in [-0.25, -0.2) is 0 Å². The van der Waals surface area contributed by atoms with Crippen LogP contribution in [0.25, 0.3) is 0 Å². The van der Waals surface area contributed by atoms with E-state index >= 15 is 0 Å². The van der Waals surface area contributed by atoms with E-state index in [1.54, 1.807) is 0 Å². The first-order valence-corrected chi connectivity index (χ1v) is 10.0. The Labute approximate surface area is 162 Å². The third kappa shape index (κ3) is 2.90. The van der Waals surface area contributed by atoms with E-state index in [9.17, 15) is 0 Å². The number of benzene rings is 3. The third-order valence-electron chi connectivity index (χ3n) is 6.22. The molecule has 5 rings (SSSR count). The van der Waals surface area contributed by atoms with Gasteiger partial charge in [-0.05, 0) is 28.7 Å². The Kier molecular flexibility index (Phi) is 4.31. The monoisotopic (exact) mass is 354 g/mol. The highest BCUT2D eigenvalue weighted by molar-refractivity contribution is 5.45. The molecule has 0 atom stereocenters. The molecule has 2 heteroatoms. The van der Waals surface area contributed by atoms with Crippen LogP contribution in [0.3, 0.4) is 0 Å². The highest BCUT2D eigenvalue weighted by atomic mass is 15.4. The molecule has 2 aliphatic rings. The van der Waals surface area contributed by atoms with Crippen LogP contribution in [0.2, 0.25) is 0 Å². The van der Waals surface area contributed by atoms with Crippen LogP contribution in [0.4, 0.5) is 0 Å². The van der Waals surface area contributed by atoms with Crippen molar-refractivity contribution in [3.63, 3.8) is 0 Å². The minimum atomic E-state index is 0.0422. The first-order valence-electron chi connectivity index (χ1n) is 10.0. The van der Waals surface area contributed by atoms with Gasteiger partial charge in [-0.1, -0.05) is 84.9 Å². The van der Waals surface area contributed by atoms with Gasteiger partial charge >= 0.3 is 0 Å². The topological polar surface area (TPSA) is 6.48 Å². The standard InChI is InChI=1S/C25H26N2/c1-3-10-21(11-4-1)19-26-16-9-17-27(20-22-12-5-2-6-13-22)25(26)18-23-14-7-8-15-24(23)25/h1-8,10-15H,9,16-20H2. The zero-order valence-electron chi connectivity index (χ0n) is 15.7. The van der Waals surface area contributed by atoms with Crippen molar-refractivity contribution in [2.75, 3.05) is 13.1 Å². The van der Waals surface area contributed by atoms with Crippen molar-refractivity contribution < 1.29 is 0 Å². The Morgan fingerprint density at radius 1 is 0.630 bits per heavy atom. The molecule has 1 saturated heterocycles. The third-order valence-corrected chi connectivity index (χ3v) is 6.22. The van der Waals surface area contributed by atoms with Gasteiger partial charge in [0.25, 0.3) is 0 Å². The molecule has 1 heterocycles. The Bertz CT molecular complexity index is 854.